The summed E-state index contributed by atoms with van der Waals surface area (Å²) in [6.45, 7) is 6.13. The van der Waals surface area contributed by atoms with Crippen molar-refractivity contribution in [2.75, 3.05) is 31.1 Å². The summed E-state index contributed by atoms with van der Waals surface area (Å²) >= 11 is 6.49. The third-order valence-corrected chi connectivity index (χ3v) is 5.24. The van der Waals surface area contributed by atoms with E-state index < -0.39 is 0 Å². The highest BCUT2D eigenvalue weighted by molar-refractivity contribution is 6.34. The second kappa shape index (κ2) is 7.48. The first kappa shape index (κ1) is 18.3. The summed E-state index contributed by atoms with van der Waals surface area (Å²) in [6.07, 6.45) is 2.88. The number of aromatic hydroxyl groups is 1. The van der Waals surface area contributed by atoms with Gasteiger partial charge in [0.15, 0.2) is 0 Å². The van der Waals surface area contributed by atoms with Crippen molar-refractivity contribution in [3.63, 3.8) is 0 Å². The van der Waals surface area contributed by atoms with Gasteiger partial charge in [-0.05, 0) is 35.9 Å². The Morgan fingerprint density at radius 1 is 1.14 bits per heavy atom. The second-order valence-electron chi connectivity index (χ2n) is 6.61. The van der Waals surface area contributed by atoms with Crippen molar-refractivity contribution in [3.05, 3.63) is 60.4 Å². The molecule has 2 heterocycles. The number of hydrogen-bond acceptors (Lipinski definition) is 5. The van der Waals surface area contributed by atoms with Gasteiger partial charge in [0, 0.05) is 37.1 Å². The largest absolute Gasteiger partial charge is 0.508 e. The van der Waals surface area contributed by atoms with E-state index in [1.54, 1.807) is 23.1 Å². The summed E-state index contributed by atoms with van der Waals surface area (Å²) in [5.74, 6) is 0.945. The maximum absolute atomic E-state index is 11.8. The molecule has 0 spiro atoms. The molecule has 0 atom stereocenters. The minimum atomic E-state index is -0.0508. The Bertz CT molecular complexity index is 1060. The number of benzene rings is 2. The predicted octanol–water partition coefficient (Wildman–Crippen LogP) is 3.49. The molecule has 4 rings (SSSR count). The quantitative estimate of drug-likeness (QED) is 0.688. The number of hydrogen-bond donors (Lipinski definition) is 1. The highest BCUT2D eigenvalue weighted by atomic mass is 35.5. The predicted molar refractivity (Wildman–Crippen MR) is 111 cm³/mol. The van der Waals surface area contributed by atoms with Gasteiger partial charge in [-0.25, -0.2) is 9.97 Å². The van der Waals surface area contributed by atoms with Gasteiger partial charge in [0.25, 0.3) is 0 Å². The van der Waals surface area contributed by atoms with Crippen molar-refractivity contribution in [2.45, 2.75) is 0 Å². The average molecular weight is 395 g/mol. The van der Waals surface area contributed by atoms with Gasteiger partial charge < -0.3 is 14.9 Å². The van der Waals surface area contributed by atoms with E-state index in [4.69, 9.17) is 11.6 Å². The van der Waals surface area contributed by atoms with Crippen molar-refractivity contribution >= 4 is 34.2 Å². The molecule has 1 aromatic heterocycles. The van der Waals surface area contributed by atoms with Crippen LogP contribution < -0.4 is 4.90 Å². The third-order valence-electron chi connectivity index (χ3n) is 4.93. The Labute approximate surface area is 167 Å². The lowest BCUT2D eigenvalue weighted by Crippen LogP contribution is -2.48. The summed E-state index contributed by atoms with van der Waals surface area (Å²) in [4.78, 5) is 24.6. The molecule has 0 unspecified atom stereocenters. The van der Waals surface area contributed by atoms with Crippen LogP contribution in [0.15, 0.2) is 55.4 Å². The number of aromatic nitrogens is 2. The fraction of sp³-hybridized carbons (Fsp3) is 0.190. The molecule has 0 aliphatic carbocycles. The first-order valence-corrected chi connectivity index (χ1v) is 9.34. The van der Waals surface area contributed by atoms with Crippen molar-refractivity contribution in [3.8, 4) is 16.9 Å². The van der Waals surface area contributed by atoms with E-state index in [9.17, 15) is 9.90 Å². The number of piperazine rings is 1. The normalized spacial score (nSPS) is 14.3. The summed E-state index contributed by atoms with van der Waals surface area (Å²) in [7, 11) is 0. The Morgan fingerprint density at radius 3 is 2.64 bits per heavy atom. The molecule has 28 heavy (non-hydrogen) atoms. The average Bonchev–Trinajstić information content (AvgIpc) is 2.72. The summed E-state index contributed by atoms with van der Waals surface area (Å²) in [5, 5.41) is 11.3. The van der Waals surface area contributed by atoms with Crippen LogP contribution in [0, 0.1) is 0 Å². The number of phenolic OH excluding ortho intramolecular Hbond substituents is 1. The highest BCUT2D eigenvalue weighted by Crippen LogP contribution is 2.35. The van der Waals surface area contributed by atoms with Crippen LogP contribution in [0.3, 0.4) is 0 Å². The molecule has 1 aliphatic rings. The van der Waals surface area contributed by atoms with E-state index in [1.807, 2.05) is 18.2 Å². The number of phenols is 1. The molecule has 142 valence electrons. The second-order valence-corrected chi connectivity index (χ2v) is 7.02. The fourth-order valence-corrected chi connectivity index (χ4v) is 3.75. The number of anilines is 1. The van der Waals surface area contributed by atoms with Crippen LogP contribution in [0.5, 0.6) is 5.75 Å². The number of nitrogens with zero attached hydrogens (tertiary/aromatic N) is 4. The van der Waals surface area contributed by atoms with E-state index in [2.05, 4.69) is 21.4 Å². The first-order chi connectivity index (χ1) is 13.6. The van der Waals surface area contributed by atoms with E-state index >= 15 is 0 Å². The summed E-state index contributed by atoms with van der Waals surface area (Å²) in [5.41, 5.74) is 2.38. The van der Waals surface area contributed by atoms with Crippen LogP contribution in [0.1, 0.15) is 0 Å². The Balaban J connectivity index is 1.73. The molecular weight excluding hydrogens is 376 g/mol. The third kappa shape index (κ3) is 3.39. The molecule has 1 saturated heterocycles. The molecule has 7 heteroatoms. The Kier molecular flexibility index (Phi) is 4.88. The topological polar surface area (TPSA) is 69.6 Å². The van der Waals surface area contributed by atoms with Gasteiger partial charge in [0.05, 0.1) is 10.5 Å². The molecule has 1 N–H and O–H groups in total. The zero-order valence-corrected chi connectivity index (χ0v) is 15.9. The molecule has 0 bridgehead atoms. The zero-order valence-electron chi connectivity index (χ0n) is 15.2. The molecule has 0 saturated carbocycles. The summed E-state index contributed by atoms with van der Waals surface area (Å²) < 4.78 is 0. The van der Waals surface area contributed by atoms with E-state index in [-0.39, 0.29) is 11.7 Å². The maximum Gasteiger partial charge on any atom is 0.246 e. The van der Waals surface area contributed by atoms with Gasteiger partial charge >= 0.3 is 0 Å². The van der Waals surface area contributed by atoms with E-state index in [0.29, 0.717) is 31.2 Å². The van der Waals surface area contributed by atoms with Crippen LogP contribution >= 0.6 is 11.6 Å². The van der Waals surface area contributed by atoms with Gasteiger partial charge in [0.1, 0.15) is 17.9 Å². The molecule has 1 amide bonds. The van der Waals surface area contributed by atoms with Crippen LogP contribution in [-0.4, -0.2) is 52.1 Å². The lowest BCUT2D eigenvalue weighted by Gasteiger charge is -2.35. The molecule has 2 aromatic carbocycles. The lowest BCUT2D eigenvalue weighted by molar-refractivity contribution is -0.126. The number of fused-ring (bicyclic) bond motifs is 1. The number of halogens is 1. The number of carbonyl (C=O) groups excluding carboxylic acids is 1. The zero-order chi connectivity index (χ0) is 19.7. The SMILES string of the molecule is C=CC(=O)N1CCN(c2ncnc3cc(Cl)c(-c4cccc(O)c4)cc23)CC1. The van der Waals surface area contributed by atoms with Crippen LogP contribution in [0.25, 0.3) is 22.0 Å². The van der Waals surface area contributed by atoms with Gasteiger partial charge in [-0.2, -0.15) is 0 Å². The van der Waals surface area contributed by atoms with Gasteiger partial charge in [-0.15, -0.1) is 0 Å². The molecule has 6 nitrogen and oxygen atoms in total. The van der Waals surface area contributed by atoms with Gasteiger partial charge in [0.2, 0.25) is 5.91 Å². The van der Waals surface area contributed by atoms with E-state index in [0.717, 1.165) is 27.8 Å². The van der Waals surface area contributed by atoms with Crippen molar-refractivity contribution < 1.29 is 9.90 Å². The van der Waals surface area contributed by atoms with E-state index in [1.165, 1.54) is 12.4 Å². The standard InChI is InChI=1S/C21H19ClN4O2/c1-2-20(28)25-6-8-26(9-7-25)21-17-11-16(14-4-3-5-15(27)10-14)18(22)12-19(17)23-13-24-21/h2-5,10-13,27H,1,6-9H2. The van der Waals surface area contributed by atoms with Crippen molar-refractivity contribution in [2.24, 2.45) is 0 Å². The molecule has 1 fully saturated rings. The highest BCUT2D eigenvalue weighted by Gasteiger charge is 2.22. The molecular formula is C21H19ClN4O2. The molecule has 0 radical (unpaired) electrons. The van der Waals surface area contributed by atoms with Crippen LogP contribution in [-0.2, 0) is 4.79 Å². The fourth-order valence-electron chi connectivity index (χ4n) is 3.48. The molecule has 3 aromatic rings. The Morgan fingerprint density at radius 2 is 1.93 bits per heavy atom. The number of rotatable bonds is 3. The van der Waals surface area contributed by atoms with Crippen molar-refractivity contribution in [1.29, 1.82) is 0 Å². The van der Waals surface area contributed by atoms with Gasteiger partial charge in [-0.1, -0.05) is 30.3 Å². The Hall–Kier alpha value is -3.12. The lowest BCUT2D eigenvalue weighted by atomic mass is 10.0. The van der Waals surface area contributed by atoms with Crippen LogP contribution in [0.4, 0.5) is 5.82 Å². The number of carbonyl (C=O) groups is 1. The first-order valence-electron chi connectivity index (χ1n) is 8.97. The summed E-state index contributed by atoms with van der Waals surface area (Å²) in [6, 6.07) is 10.8. The van der Waals surface area contributed by atoms with Crippen LogP contribution in [0.2, 0.25) is 5.02 Å². The number of amides is 1. The minimum absolute atomic E-state index is 0.0508. The minimum Gasteiger partial charge on any atom is -0.508 e. The smallest absolute Gasteiger partial charge is 0.246 e. The molecule has 1 aliphatic heterocycles. The van der Waals surface area contributed by atoms with Gasteiger partial charge in [-0.3, -0.25) is 4.79 Å². The monoisotopic (exact) mass is 394 g/mol. The maximum atomic E-state index is 11.8. The van der Waals surface area contributed by atoms with Crippen molar-refractivity contribution in [1.82, 2.24) is 14.9 Å².